The van der Waals surface area contributed by atoms with Crippen LogP contribution in [0.4, 0.5) is 4.39 Å². The zero-order chi connectivity index (χ0) is 15.8. The van der Waals surface area contributed by atoms with E-state index in [0.717, 1.165) is 0 Å². The second kappa shape index (κ2) is 5.83. The molecular formula is C14H20ClFN2O2S. The number of hydrogen-bond acceptors (Lipinski definition) is 3. The Balaban J connectivity index is 2.17. The van der Waals surface area contributed by atoms with Gasteiger partial charge in [0.1, 0.15) is 5.82 Å². The van der Waals surface area contributed by atoms with Gasteiger partial charge in [-0.05, 0) is 29.5 Å². The summed E-state index contributed by atoms with van der Waals surface area (Å²) in [5.41, 5.74) is 6.25. The van der Waals surface area contributed by atoms with Crippen LogP contribution < -0.4 is 5.73 Å². The van der Waals surface area contributed by atoms with Crippen LogP contribution in [0.15, 0.2) is 18.2 Å². The van der Waals surface area contributed by atoms with Gasteiger partial charge in [0.05, 0.1) is 10.8 Å². The lowest BCUT2D eigenvalue weighted by molar-refractivity contribution is 0.155. The molecule has 7 heteroatoms. The van der Waals surface area contributed by atoms with E-state index in [9.17, 15) is 12.8 Å². The van der Waals surface area contributed by atoms with Gasteiger partial charge in [-0.25, -0.2) is 17.1 Å². The fourth-order valence-corrected chi connectivity index (χ4v) is 4.39. The molecule has 0 bridgehead atoms. The first-order valence-electron chi connectivity index (χ1n) is 6.79. The average molecular weight is 335 g/mol. The van der Waals surface area contributed by atoms with Crippen LogP contribution in [0.3, 0.4) is 0 Å². The summed E-state index contributed by atoms with van der Waals surface area (Å²) in [7, 11) is -3.46. The summed E-state index contributed by atoms with van der Waals surface area (Å²) >= 11 is 5.69. The summed E-state index contributed by atoms with van der Waals surface area (Å²) < 4.78 is 39.6. The number of nitrogens with zero attached hydrogens (tertiary/aromatic N) is 1. The third-order valence-electron chi connectivity index (χ3n) is 4.00. The van der Waals surface area contributed by atoms with E-state index < -0.39 is 15.8 Å². The standard InChI is InChI=1S/C14H20ClFN2O2S/c1-14(2)9-18(6-5-13(14)17)21(19,20)8-10-3-4-12(16)11(15)7-10/h3-4,7,13H,5-6,8-9,17H2,1-2H3. The van der Waals surface area contributed by atoms with Crippen molar-refractivity contribution in [1.82, 2.24) is 4.31 Å². The van der Waals surface area contributed by atoms with Crippen LogP contribution in [0.1, 0.15) is 25.8 Å². The van der Waals surface area contributed by atoms with E-state index in [2.05, 4.69) is 0 Å². The predicted molar refractivity (Wildman–Crippen MR) is 82.0 cm³/mol. The number of sulfonamides is 1. The van der Waals surface area contributed by atoms with E-state index in [4.69, 9.17) is 17.3 Å². The molecular weight excluding hydrogens is 315 g/mol. The number of piperidine rings is 1. The molecule has 2 rings (SSSR count). The normalized spacial score (nSPS) is 23.2. The molecule has 1 aliphatic heterocycles. The summed E-state index contributed by atoms with van der Waals surface area (Å²) in [5.74, 6) is -0.735. The average Bonchev–Trinajstić information content (AvgIpc) is 2.36. The molecule has 0 saturated carbocycles. The molecule has 1 atom stereocenters. The Morgan fingerprint density at radius 2 is 2.14 bits per heavy atom. The van der Waals surface area contributed by atoms with Gasteiger partial charge in [-0.15, -0.1) is 0 Å². The molecule has 1 aromatic rings. The van der Waals surface area contributed by atoms with E-state index in [1.54, 1.807) is 0 Å². The highest BCUT2D eigenvalue weighted by atomic mass is 35.5. The maximum absolute atomic E-state index is 13.1. The first-order valence-corrected chi connectivity index (χ1v) is 8.78. The van der Waals surface area contributed by atoms with E-state index >= 15 is 0 Å². The molecule has 0 radical (unpaired) electrons. The molecule has 0 aromatic heterocycles. The highest BCUT2D eigenvalue weighted by Crippen LogP contribution is 2.30. The van der Waals surface area contributed by atoms with Gasteiger partial charge in [-0.3, -0.25) is 0 Å². The van der Waals surface area contributed by atoms with Gasteiger partial charge in [0.25, 0.3) is 0 Å². The van der Waals surface area contributed by atoms with Crippen LogP contribution in [0, 0.1) is 11.2 Å². The molecule has 1 aromatic carbocycles. The van der Waals surface area contributed by atoms with Crippen LogP contribution in [0.25, 0.3) is 0 Å². The topological polar surface area (TPSA) is 63.4 Å². The van der Waals surface area contributed by atoms with Gasteiger partial charge in [0.2, 0.25) is 10.0 Å². The van der Waals surface area contributed by atoms with Gasteiger partial charge in [-0.1, -0.05) is 31.5 Å². The van der Waals surface area contributed by atoms with Crippen LogP contribution in [-0.2, 0) is 15.8 Å². The summed E-state index contributed by atoms with van der Waals surface area (Å²) in [5, 5.41) is -0.0660. The molecule has 0 amide bonds. The smallest absolute Gasteiger partial charge is 0.218 e. The van der Waals surface area contributed by atoms with Crippen molar-refractivity contribution < 1.29 is 12.8 Å². The minimum Gasteiger partial charge on any atom is -0.327 e. The number of nitrogens with two attached hydrogens (primary N) is 1. The van der Waals surface area contributed by atoms with Crippen LogP contribution in [0.5, 0.6) is 0 Å². The Morgan fingerprint density at radius 3 is 2.71 bits per heavy atom. The predicted octanol–water partition coefficient (Wildman–Crippen LogP) is 2.37. The van der Waals surface area contributed by atoms with Gasteiger partial charge < -0.3 is 5.73 Å². The Morgan fingerprint density at radius 1 is 1.48 bits per heavy atom. The van der Waals surface area contributed by atoms with Crippen molar-refractivity contribution in [3.8, 4) is 0 Å². The van der Waals surface area contributed by atoms with Crippen LogP contribution in [-0.4, -0.2) is 31.9 Å². The summed E-state index contributed by atoms with van der Waals surface area (Å²) in [4.78, 5) is 0. The fraction of sp³-hybridized carbons (Fsp3) is 0.571. The van der Waals surface area contributed by atoms with E-state index in [1.807, 2.05) is 13.8 Å². The largest absolute Gasteiger partial charge is 0.327 e. The van der Waals surface area contributed by atoms with Crippen molar-refractivity contribution >= 4 is 21.6 Å². The van der Waals surface area contributed by atoms with E-state index in [1.165, 1.54) is 22.5 Å². The monoisotopic (exact) mass is 334 g/mol. The van der Waals surface area contributed by atoms with Gasteiger partial charge in [-0.2, -0.15) is 0 Å². The molecule has 0 spiro atoms. The van der Waals surface area contributed by atoms with Crippen molar-refractivity contribution in [1.29, 1.82) is 0 Å². The first-order chi connectivity index (χ1) is 9.62. The highest BCUT2D eigenvalue weighted by Gasteiger charge is 2.38. The summed E-state index contributed by atoms with van der Waals surface area (Å²) in [6.07, 6.45) is 0.635. The van der Waals surface area contributed by atoms with E-state index in [0.29, 0.717) is 25.1 Å². The maximum Gasteiger partial charge on any atom is 0.218 e. The maximum atomic E-state index is 13.1. The van der Waals surface area contributed by atoms with Crippen LogP contribution >= 0.6 is 11.6 Å². The van der Waals surface area contributed by atoms with Crippen molar-refractivity contribution in [2.24, 2.45) is 11.1 Å². The Kier molecular flexibility index (Phi) is 4.63. The van der Waals surface area contributed by atoms with E-state index in [-0.39, 0.29) is 22.2 Å². The molecule has 1 aliphatic rings. The molecule has 2 N–H and O–H groups in total. The van der Waals surface area contributed by atoms with Crippen molar-refractivity contribution in [2.75, 3.05) is 13.1 Å². The van der Waals surface area contributed by atoms with Gasteiger partial charge >= 0.3 is 0 Å². The zero-order valence-electron chi connectivity index (χ0n) is 12.1. The summed E-state index contributed by atoms with van der Waals surface area (Å²) in [6.45, 7) is 4.75. The van der Waals surface area contributed by atoms with Gasteiger partial charge in [0, 0.05) is 19.1 Å². The molecule has 1 unspecified atom stereocenters. The fourth-order valence-electron chi connectivity index (χ4n) is 2.49. The Labute approximate surface area is 130 Å². The lowest BCUT2D eigenvalue weighted by atomic mass is 9.81. The quantitative estimate of drug-likeness (QED) is 0.923. The van der Waals surface area contributed by atoms with Gasteiger partial charge in [0.15, 0.2) is 0 Å². The zero-order valence-corrected chi connectivity index (χ0v) is 13.7. The minimum atomic E-state index is -3.46. The number of hydrogen-bond donors (Lipinski definition) is 1. The third-order valence-corrected chi connectivity index (χ3v) is 6.09. The number of rotatable bonds is 3. The molecule has 4 nitrogen and oxygen atoms in total. The van der Waals surface area contributed by atoms with Crippen molar-refractivity contribution in [3.05, 3.63) is 34.6 Å². The molecule has 1 fully saturated rings. The second-order valence-corrected chi connectivity index (χ2v) is 8.60. The highest BCUT2D eigenvalue weighted by molar-refractivity contribution is 7.88. The summed E-state index contributed by atoms with van der Waals surface area (Å²) in [6, 6.07) is 3.97. The molecule has 1 heterocycles. The lowest BCUT2D eigenvalue weighted by Crippen LogP contribution is -2.54. The first kappa shape index (κ1) is 16.7. The Hall–Kier alpha value is -0.690. The number of halogens is 2. The second-order valence-electron chi connectivity index (χ2n) is 6.22. The Bertz CT molecular complexity index is 634. The third kappa shape index (κ3) is 3.74. The van der Waals surface area contributed by atoms with Crippen molar-refractivity contribution in [3.63, 3.8) is 0 Å². The van der Waals surface area contributed by atoms with Crippen LogP contribution in [0.2, 0.25) is 5.02 Å². The minimum absolute atomic E-state index is 0.00999. The number of benzene rings is 1. The lowest BCUT2D eigenvalue weighted by Gasteiger charge is -2.41. The molecule has 0 aliphatic carbocycles. The van der Waals surface area contributed by atoms with Crippen molar-refractivity contribution in [2.45, 2.75) is 32.1 Å². The molecule has 21 heavy (non-hydrogen) atoms. The molecule has 118 valence electrons. The molecule has 1 saturated heterocycles. The SMILES string of the molecule is CC1(C)CN(S(=O)(=O)Cc2ccc(F)c(Cl)c2)CCC1N.